The first-order valence-corrected chi connectivity index (χ1v) is 6.04. The highest BCUT2D eigenvalue weighted by atomic mass is 16.2. The van der Waals surface area contributed by atoms with Gasteiger partial charge in [-0.2, -0.15) is 0 Å². The Balaban J connectivity index is 2.81. The summed E-state index contributed by atoms with van der Waals surface area (Å²) in [5, 5.41) is 0. The van der Waals surface area contributed by atoms with Crippen LogP contribution >= 0.6 is 0 Å². The maximum Gasteiger partial charge on any atom is 0.228 e. The van der Waals surface area contributed by atoms with Crippen molar-refractivity contribution < 1.29 is 4.79 Å². The summed E-state index contributed by atoms with van der Waals surface area (Å²) in [5.74, 6) is 0.0735. The van der Waals surface area contributed by atoms with Crippen LogP contribution in [0.15, 0.2) is 18.2 Å². The number of nitrogens with two attached hydrogens (primary N) is 1. The average Bonchev–Trinajstić information content (AvgIpc) is 2.26. The summed E-state index contributed by atoms with van der Waals surface area (Å²) in [4.78, 5) is 13.7. The van der Waals surface area contributed by atoms with Gasteiger partial charge in [-0.15, -0.1) is 0 Å². The van der Waals surface area contributed by atoms with Crippen LogP contribution in [0.4, 0.5) is 5.69 Å². The molecule has 0 aromatic heterocycles. The van der Waals surface area contributed by atoms with Crippen LogP contribution in [0.2, 0.25) is 0 Å². The maximum atomic E-state index is 12.0. The summed E-state index contributed by atoms with van der Waals surface area (Å²) in [6.07, 6.45) is 1.23. The van der Waals surface area contributed by atoms with Crippen LogP contribution in [-0.4, -0.2) is 19.0 Å². The van der Waals surface area contributed by atoms with Crippen molar-refractivity contribution in [3.8, 4) is 0 Å². The Morgan fingerprint density at radius 1 is 1.29 bits per heavy atom. The molecular weight excluding hydrogens is 212 g/mol. The van der Waals surface area contributed by atoms with E-state index in [1.807, 2.05) is 32.9 Å². The third-order valence-corrected chi connectivity index (χ3v) is 2.93. The van der Waals surface area contributed by atoms with Crippen LogP contribution in [0.25, 0.3) is 0 Å². The van der Waals surface area contributed by atoms with Gasteiger partial charge in [0.2, 0.25) is 5.91 Å². The molecule has 3 heteroatoms. The van der Waals surface area contributed by atoms with Gasteiger partial charge >= 0.3 is 0 Å². The molecule has 0 fully saturated rings. The van der Waals surface area contributed by atoms with Crippen LogP contribution in [-0.2, 0) is 4.79 Å². The van der Waals surface area contributed by atoms with E-state index in [1.54, 1.807) is 11.9 Å². The van der Waals surface area contributed by atoms with Gasteiger partial charge in [0, 0.05) is 25.2 Å². The van der Waals surface area contributed by atoms with E-state index in [-0.39, 0.29) is 11.9 Å². The predicted molar refractivity (Wildman–Crippen MR) is 72.2 cm³/mol. The molecule has 3 nitrogen and oxygen atoms in total. The Bertz CT molecular complexity index is 381. The molecule has 1 unspecified atom stereocenters. The quantitative estimate of drug-likeness (QED) is 0.869. The summed E-state index contributed by atoms with van der Waals surface area (Å²) < 4.78 is 0. The highest BCUT2D eigenvalue weighted by Gasteiger charge is 2.14. The van der Waals surface area contributed by atoms with E-state index in [9.17, 15) is 4.79 Å². The van der Waals surface area contributed by atoms with Crippen molar-refractivity contribution in [3.63, 3.8) is 0 Å². The van der Waals surface area contributed by atoms with Crippen molar-refractivity contribution >= 4 is 11.6 Å². The fourth-order valence-electron chi connectivity index (χ4n) is 1.79. The number of amides is 1. The standard InChI is InChI=1S/C14H22N2O/c1-5-12(15)9-14(17)16(4)13-7-10(2)6-11(3)8-13/h6-8,12H,5,9,15H2,1-4H3. The Hall–Kier alpha value is -1.35. The Kier molecular flexibility index (Phi) is 4.70. The fourth-order valence-corrected chi connectivity index (χ4v) is 1.79. The third kappa shape index (κ3) is 3.86. The van der Waals surface area contributed by atoms with Crippen LogP contribution < -0.4 is 10.6 Å². The SMILES string of the molecule is CCC(N)CC(=O)N(C)c1cc(C)cc(C)c1. The molecule has 0 aliphatic heterocycles. The predicted octanol–water partition coefficient (Wildman–Crippen LogP) is 2.39. The van der Waals surface area contributed by atoms with E-state index >= 15 is 0 Å². The molecule has 1 aromatic rings. The van der Waals surface area contributed by atoms with E-state index in [1.165, 1.54) is 11.1 Å². The number of carbonyl (C=O) groups excluding carboxylic acids is 1. The Morgan fingerprint density at radius 2 is 1.82 bits per heavy atom. The zero-order valence-electron chi connectivity index (χ0n) is 11.2. The van der Waals surface area contributed by atoms with Gasteiger partial charge < -0.3 is 10.6 Å². The summed E-state index contributed by atoms with van der Waals surface area (Å²) in [6, 6.07) is 6.08. The zero-order valence-corrected chi connectivity index (χ0v) is 11.2. The lowest BCUT2D eigenvalue weighted by molar-refractivity contribution is -0.118. The fraction of sp³-hybridized carbons (Fsp3) is 0.500. The first-order valence-electron chi connectivity index (χ1n) is 6.04. The van der Waals surface area contributed by atoms with E-state index in [4.69, 9.17) is 5.73 Å². The maximum absolute atomic E-state index is 12.0. The van der Waals surface area contributed by atoms with Crippen molar-refractivity contribution in [2.75, 3.05) is 11.9 Å². The lowest BCUT2D eigenvalue weighted by Crippen LogP contribution is -2.33. The number of nitrogens with zero attached hydrogens (tertiary/aromatic N) is 1. The molecule has 0 saturated carbocycles. The number of anilines is 1. The molecule has 17 heavy (non-hydrogen) atoms. The highest BCUT2D eigenvalue weighted by Crippen LogP contribution is 2.18. The highest BCUT2D eigenvalue weighted by molar-refractivity contribution is 5.93. The van der Waals surface area contributed by atoms with Crippen molar-refractivity contribution in [1.29, 1.82) is 0 Å². The number of carbonyl (C=O) groups is 1. The second kappa shape index (κ2) is 5.82. The van der Waals surface area contributed by atoms with Gasteiger partial charge in [-0.3, -0.25) is 4.79 Å². The average molecular weight is 234 g/mol. The van der Waals surface area contributed by atoms with E-state index in [0.717, 1.165) is 12.1 Å². The molecule has 0 aliphatic rings. The minimum absolute atomic E-state index is 0.0455. The smallest absolute Gasteiger partial charge is 0.228 e. The molecule has 0 saturated heterocycles. The molecule has 1 atom stereocenters. The number of benzene rings is 1. The zero-order chi connectivity index (χ0) is 13.0. The van der Waals surface area contributed by atoms with Gasteiger partial charge in [0.15, 0.2) is 0 Å². The molecule has 1 amide bonds. The van der Waals surface area contributed by atoms with Gasteiger partial charge in [0.25, 0.3) is 0 Å². The molecule has 0 aliphatic carbocycles. The number of hydrogen-bond acceptors (Lipinski definition) is 2. The number of aryl methyl sites for hydroxylation is 2. The molecule has 94 valence electrons. The van der Waals surface area contributed by atoms with Gasteiger partial charge in [-0.25, -0.2) is 0 Å². The molecule has 2 N–H and O–H groups in total. The molecule has 1 aromatic carbocycles. The number of hydrogen-bond donors (Lipinski definition) is 1. The second-order valence-corrected chi connectivity index (χ2v) is 4.67. The van der Waals surface area contributed by atoms with Gasteiger partial charge in [-0.1, -0.05) is 13.0 Å². The van der Waals surface area contributed by atoms with E-state index < -0.39 is 0 Å². The molecule has 0 spiro atoms. The minimum Gasteiger partial charge on any atom is -0.327 e. The monoisotopic (exact) mass is 234 g/mol. The summed E-state index contributed by atoms with van der Waals surface area (Å²) in [5.41, 5.74) is 9.07. The van der Waals surface area contributed by atoms with Crippen molar-refractivity contribution in [1.82, 2.24) is 0 Å². The van der Waals surface area contributed by atoms with E-state index in [2.05, 4.69) is 6.07 Å². The number of rotatable bonds is 4. The molecule has 0 radical (unpaired) electrons. The van der Waals surface area contributed by atoms with Crippen LogP contribution in [0, 0.1) is 13.8 Å². The van der Waals surface area contributed by atoms with Crippen molar-refractivity contribution in [3.05, 3.63) is 29.3 Å². The summed E-state index contributed by atoms with van der Waals surface area (Å²) >= 11 is 0. The van der Waals surface area contributed by atoms with Crippen LogP contribution in [0.1, 0.15) is 30.9 Å². The Labute approximate surface area is 104 Å². The Morgan fingerprint density at radius 3 is 2.29 bits per heavy atom. The van der Waals surface area contributed by atoms with Gasteiger partial charge in [-0.05, 0) is 43.5 Å². The van der Waals surface area contributed by atoms with Gasteiger partial charge in [0.05, 0.1) is 0 Å². The topological polar surface area (TPSA) is 46.3 Å². The lowest BCUT2D eigenvalue weighted by atomic mass is 10.1. The lowest BCUT2D eigenvalue weighted by Gasteiger charge is -2.20. The van der Waals surface area contributed by atoms with Crippen molar-refractivity contribution in [2.24, 2.45) is 5.73 Å². The summed E-state index contributed by atoms with van der Waals surface area (Å²) in [7, 11) is 1.80. The first-order chi connectivity index (χ1) is 7.93. The van der Waals surface area contributed by atoms with Crippen LogP contribution in [0.3, 0.4) is 0 Å². The second-order valence-electron chi connectivity index (χ2n) is 4.67. The molecule has 1 rings (SSSR count). The third-order valence-electron chi connectivity index (χ3n) is 2.93. The molecule has 0 heterocycles. The first kappa shape index (κ1) is 13.7. The van der Waals surface area contributed by atoms with E-state index in [0.29, 0.717) is 6.42 Å². The normalized spacial score (nSPS) is 12.3. The minimum atomic E-state index is -0.0455. The van der Waals surface area contributed by atoms with Crippen molar-refractivity contribution in [2.45, 2.75) is 39.7 Å². The molecule has 0 bridgehead atoms. The van der Waals surface area contributed by atoms with Gasteiger partial charge in [0.1, 0.15) is 0 Å². The van der Waals surface area contributed by atoms with Crippen LogP contribution in [0.5, 0.6) is 0 Å². The summed E-state index contributed by atoms with van der Waals surface area (Å²) in [6.45, 7) is 6.06. The largest absolute Gasteiger partial charge is 0.327 e. The molecular formula is C14H22N2O.